The number of aliphatic hydroxyl groups is 1. The van der Waals surface area contributed by atoms with E-state index < -0.39 is 29.3 Å². The van der Waals surface area contributed by atoms with Gasteiger partial charge in [0.05, 0.1) is 19.2 Å². The van der Waals surface area contributed by atoms with Crippen molar-refractivity contribution in [2.75, 3.05) is 19.1 Å². The molecule has 1 aliphatic heterocycles. The van der Waals surface area contributed by atoms with E-state index in [9.17, 15) is 19.5 Å². The van der Waals surface area contributed by atoms with E-state index in [-0.39, 0.29) is 11.1 Å². The summed E-state index contributed by atoms with van der Waals surface area (Å²) in [5, 5.41) is 11.6. The van der Waals surface area contributed by atoms with Gasteiger partial charge in [-0.2, -0.15) is 0 Å². The zero-order valence-electron chi connectivity index (χ0n) is 15.6. The quantitative estimate of drug-likeness (QED) is 0.477. The fraction of sp³-hybridized carbons (Fsp3) is 0.190. The first-order valence-corrected chi connectivity index (χ1v) is 9.50. The molecule has 29 heavy (non-hydrogen) atoms. The summed E-state index contributed by atoms with van der Waals surface area (Å²) in [5.41, 5.74) is -2.13. The second-order valence-electron chi connectivity index (χ2n) is 6.81. The Morgan fingerprint density at radius 1 is 1.24 bits per heavy atom. The Morgan fingerprint density at radius 3 is 2.72 bits per heavy atom. The second-order valence-corrected chi connectivity index (χ2v) is 7.73. The summed E-state index contributed by atoms with van der Waals surface area (Å²) >= 11 is 3.32. The van der Waals surface area contributed by atoms with Crippen LogP contribution in [0.4, 0.5) is 5.69 Å². The normalized spacial score (nSPS) is 18.2. The Hall–Kier alpha value is -2.97. The Labute approximate surface area is 173 Å². The molecule has 7 nitrogen and oxygen atoms in total. The lowest BCUT2D eigenvalue weighted by molar-refractivity contribution is -0.135. The number of carbonyl (C=O) groups is 2. The van der Waals surface area contributed by atoms with Gasteiger partial charge in [-0.05, 0) is 30.3 Å². The lowest BCUT2D eigenvalue weighted by Crippen LogP contribution is -2.40. The fourth-order valence-electron chi connectivity index (χ4n) is 3.61. The maximum Gasteiger partial charge on any atom is 0.347 e. The predicted octanol–water partition coefficient (Wildman–Crippen LogP) is 3.00. The molecule has 2 aromatic carbocycles. The lowest BCUT2D eigenvalue weighted by atomic mass is 9.88. The molecule has 1 aromatic heterocycles. The highest BCUT2D eigenvalue weighted by atomic mass is 79.9. The van der Waals surface area contributed by atoms with Gasteiger partial charge in [0.2, 0.25) is 0 Å². The zero-order valence-corrected chi connectivity index (χ0v) is 17.1. The maximum absolute atomic E-state index is 12.9. The molecule has 0 spiro atoms. The number of rotatable bonds is 4. The first kappa shape index (κ1) is 19.4. The van der Waals surface area contributed by atoms with Crippen molar-refractivity contribution in [3.05, 3.63) is 68.5 Å². The van der Waals surface area contributed by atoms with Crippen molar-refractivity contribution in [1.82, 2.24) is 0 Å². The number of ether oxygens (including phenoxy) is 1. The molecule has 0 saturated heterocycles. The number of fused-ring (bicyclic) bond motifs is 2. The lowest BCUT2D eigenvalue weighted by Gasteiger charge is -2.21. The van der Waals surface area contributed by atoms with E-state index in [2.05, 4.69) is 15.9 Å². The molecule has 1 N–H and O–H groups in total. The van der Waals surface area contributed by atoms with E-state index in [0.717, 1.165) is 0 Å². The van der Waals surface area contributed by atoms with Crippen molar-refractivity contribution in [3.63, 3.8) is 0 Å². The van der Waals surface area contributed by atoms with Gasteiger partial charge in [0.1, 0.15) is 5.56 Å². The van der Waals surface area contributed by atoms with Crippen molar-refractivity contribution >= 4 is 44.3 Å². The van der Waals surface area contributed by atoms with E-state index in [1.165, 1.54) is 25.1 Å². The minimum atomic E-state index is -2.07. The van der Waals surface area contributed by atoms with Gasteiger partial charge in [0, 0.05) is 22.5 Å². The number of halogens is 1. The van der Waals surface area contributed by atoms with Crippen LogP contribution < -0.4 is 15.3 Å². The number of methoxy groups -OCH3 is 1. The molecule has 0 aliphatic carbocycles. The van der Waals surface area contributed by atoms with Crippen LogP contribution in [0.5, 0.6) is 5.75 Å². The molecule has 4 rings (SSSR count). The number of benzene rings is 2. The van der Waals surface area contributed by atoms with Gasteiger partial charge in [-0.1, -0.05) is 28.1 Å². The first-order chi connectivity index (χ1) is 13.8. The number of amides is 1. The molecule has 1 atom stereocenters. The van der Waals surface area contributed by atoms with Crippen LogP contribution in [0.3, 0.4) is 0 Å². The molecule has 0 bridgehead atoms. The van der Waals surface area contributed by atoms with Crippen LogP contribution in [0.15, 0.2) is 56.1 Å². The third-order valence-corrected chi connectivity index (χ3v) is 5.58. The van der Waals surface area contributed by atoms with Gasteiger partial charge in [0.15, 0.2) is 22.7 Å². The van der Waals surface area contributed by atoms with E-state index in [0.29, 0.717) is 26.9 Å². The molecule has 1 aliphatic rings. The topological polar surface area (TPSA) is 97.0 Å². The van der Waals surface area contributed by atoms with Crippen molar-refractivity contribution in [2.24, 2.45) is 0 Å². The third-order valence-electron chi connectivity index (χ3n) is 5.08. The molecule has 0 radical (unpaired) electrons. The molecule has 0 saturated carbocycles. The van der Waals surface area contributed by atoms with Crippen LogP contribution in [-0.2, 0) is 10.4 Å². The monoisotopic (exact) mass is 457 g/mol. The minimum absolute atomic E-state index is 0.223. The van der Waals surface area contributed by atoms with Crippen LogP contribution in [0, 0.1) is 0 Å². The predicted molar refractivity (Wildman–Crippen MR) is 109 cm³/mol. The fourth-order valence-corrected chi connectivity index (χ4v) is 3.97. The van der Waals surface area contributed by atoms with Gasteiger partial charge < -0.3 is 19.2 Å². The summed E-state index contributed by atoms with van der Waals surface area (Å²) in [7, 11) is 2.97. The Kier molecular flexibility index (Phi) is 4.55. The highest BCUT2D eigenvalue weighted by molar-refractivity contribution is 9.10. The maximum atomic E-state index is 12.9. The Balaban J connectivity index is 1.77. The van der Waals surface area contributed by atoms with E-state index in [1.807, 2.05) is 0 Å². The molecule has 0 unspecified atom stereocenters. The average molecular weight is 458 g/mol. The average Bonchev–Trinajstić information content (AvgIpc) is 2.88. The van der Waals surface area contributed by atoms with Crippen molar-refractivity contribution < 1.29 is 23.8 Å². The largest absolute Gasteiger partial charge is 0.493 e. The minimum Gasteiger partial charge on any atom is -0.493 e. The number of ketones is 1. The zero-order chi connectivity index (χ0) is 20.9. The van der Waals surface area contributed by atoms with Gasteiger partial charge in [-0.25, -0.2) is 4.79 Å². The van der Waals surface area contributed by atoms with Crippen LogP contribution in [0.2, 0.25) is 0 Å². The number of nitrogens with zero attached hydrogens (tertiary/aromatic N) is 1. The van der Waals surface area contributed by atoms with E-state index in [4.69, 9.17) is 9.15 Å². The van der Waals surface area contributed by atoms with Crippen LogP contribution in [-0.4, -0.2) is 31.0 Å². The van der Waals surface area contributed by atoms with E-state index in [1.54, 1.807) is 36.4 Å². The molecular formula is C21H16BrNO6. The SMILES string of the molecule is COc1cccc2cc(C(=O)C[C@]3(O)C(=O)N(C)c4ccc(Br)cc43)c(=O)oc12. The summed E-state index contributed by atoms with van der Waals surface area (Å²) in [6, 6.07) is 11.4. The highest BCUT2D eigenvalue weighted by Crippen LogP contribution is 2.43. The number of hydrogen-bond acceptors (Lipinski definition) is 6. The summed E-state index contributed by atoms with van der Waals surface area (Å²) in [6.07, 6.45) is -0.583. The first-order valence-electron chi connectivity index (χ1n) is 8.71. The number of carbonyl (C=O) groups excluding carboxylic acids is 2. The van der Waals surface area contributed by atoms with Gasteiger partial charge in [0.25, 0.3) is 5.91 Å². The highest BCUT2D eigenvalue weighted by Gasteiger charge is 2.50. The van der Waals surface area contributed by atoms with Crippen LogP contribution >= 0.6 is 15.9 Å². The number of anilines is 1. The van der Waals surface area contributed by atoms with Crippen molar-refractivity contribution in [3.8, 4) is 5.75 Å². The third kappa shape index (κ3) is 2.95. The van der Waals surface area contributed by atoms with Crippen LogP contribution in [0.25, 0.3) is 11.0 Å². The molecule has 148 valence electrons. The Morgan fingerprint density at radius 2 is 2.00 bits per heavy atom. The van der Waals surface area contributed by atoms with E-state index >= 15 is 0 Å². The smallest absolute Gasteiger partial charge is 0.347 e. The second kappa shape index (κ2) is 6.82. The van der Waals surface area contributed by atoms with Crippen LogP contribution in [0.1, 0.15) is 22.3 Å². The Bertz CT molecular complexity index is 1230. The summed E-state index contributed by atoms with van der Waals surface area (Å²) in [4.78, 5) is 39.4. The summed E-state index contributed by atoms with van der Waals surface area (Å²) in [5.74, 6) is -0.963. The summed E-state index contributed by atoms with van der Waals surface area (Å²) < 4.78 is 11.1. The van der Waals surface area contributed by atoms with Gasteiger partial charge in [-0.3, -0.25) is 9.59 Å². The molecule has 8 heteroatoms. The molecule has 0 fully saturated rings. The van der Waals surface area contributed by atoms with Crippen molar-refractivity contribution in [2.45, 2.75) is 12.0 Å². The van der Waals surface area contributed by atoms with Gasteiger partial charge in [-0.15, -0.1) is 0 Å². The molecular weight excluding hydrogens is 442 g/mol. The van der Waals surface area contributed by atoms with Gasteiger partial charge >= 0.3 is 5.63 Å². The number of para-hydroxylation sites is 1. The van der Waals surface area contributed by atoms with Crippen molar-refractivity contribution in [1.29, 1.82) is 0 Å². The molecule has 2 heterocycles. The summed E-state index contributed by atoms with van der Waals surface area (Å²) in [6.45, 7) is 0. The molecule has 1 amide bonds. The number of likely N-dealkylation sites (N-methyl/N-ethyl adjacent to an activating group) is 1. The number of Topliss-reactive ketones (excluding diaryl/α,β-unsaturated/α-hetero) is 1. The molecule has 3 aromatic rings. The number of hydrogen-bond donors (Lipinski definition) is 1. The standard InChI is InChI=1S/C21H16BrNO6/c1-23-15-7-6-12(22)9-14(15)21(27,20(23)26)10-16(24)13-8-11-4-3-5-17(28-2)18(11)29-19(13)25/h3-9,27H,10H2,1-2H3/t21-/m1/s1.